The molecule has 0 bridgehead atoms. The number of anilines is 1. The van der Waals surface area contributed by atoms with Gasteiger partial charge in [0.15, 0.2) is 10.3 Å². The average Bonchev–Trinajstić information content (AvgIpc) is 3.28. The van der Waals surface area contributed by atoms with Crippen molar-refractivity contribution >= 4 is 45.7 Å². The Bertz CT molecular complexity index is 909. The number of benzene rings is 1. The van der Waals surface area contributed by atoms with Crippen LogP contribution >= 0.6 is 34.7 Å². The van der Waals surface area contributed by atoms with Crippen LogP contribution in [0.3, 0.4) is 0 Å². The van der Waals surface area contributed by atoms with Gasteiger partial charge in [0.2, 0.25) is 5.91 Å². The predicted octanol–water partition coefficient (Wildman–Crippen LogP) is 4.75. The van der Waals surface area contributed by atoms with Crippen LogP contribution < -0.4 is 5.32 Å². The summed E-state index contributed by atoms with van der Waals surface area (Å²) in [5.41, 5.74) is 1.12. The van der Waals surface area contributed by atoms with Crippen molar-refractivity contribution in [3.05, 3.63) is 52.3 Å². The van der Waals surface area contributed by atoms with Crippen LogP contribution in [-0.2, 0) is 17.8 Å². The van der Waals surface area contributed by atoms with Crippen molar-refractivity contribution in [1.29, 1.82) is 0 Å². The fourth-order valence-electron chi connectivity index (χ4n) is 2.57. The number of halogens is 1. The van der Waals surface area contributed by atoms with Gasteiger partial charge in [-0.25, -0.2) is 4.98 Å². The fourth-order valence-corrected chi connectivity index (χ4v) is 4.11. The standard InChI is InChI=1S/C19H22ClN5OS2/c1-12(2)11-25-16(10-14-4-6-15(20)7-5-14)23-24-19(25)28-13(3)17(26)22-18-21-8-9-27-18/h4-9,12-13H,10-11H2,1-3H3,(H,21,22,26). The maximum absolute atomic E-state index is 12.4. The fraction of sp³-hybridized carbons (Fsp3) is 0.368. The highest BCUT2D eigenvalue weighted by Crippen LogP contribution is 2.26. The van der Waals surface area contributed by atoms with Gasteiger partial charge in [-0.1, -0.05) is 49.3 Å². The molecule has 3 rings (SSSR count). The normalized spacial score (nSPS) is 12.3. The summed E-state index contributed by atoms with van der Waals surface area (Å²) in [7, 11) is 0. The van der Waals surface area contributed by atoms with Crippen LogP contribution in [0.2, 0.25) is 5.02 Å². The Kier molecular flexibility index (Phi) is 7.09. The van der Waals surface area contributed by atoms with Gasteiger partial charge in [0.05, 0.1) is 5.25 Å². The van der Waals surface area contributed by atoms with E-state index in [2.05, 4.69) is 38.9 Å². The van der Waals surface area contributed by atoms with Crippen LogP contribution in [0.5, 0.6) is 0 Å². The number of aromatic nitrogens is 4. The minimum absolute atomic E-state index is 0.0988. The van der Waals surface area contributed by atoms with E-state index in [1.54, 1.807) is 6.20 Å². The smallest absolute Gasteiger partial charge is 0.239 e. The Balaban J connectivity index is 1.75. The second-order valence-electron chi connectivity index (χ2n) is 6.79. The summed E-state index contributed by atoms with van der Waals surface area (Å²) in [6.45, 7) is 6.96. The van der Waals surface area contributed by atoms with Gasteiger partial charge in [0.25, 0.3) is 0 Å². The highest BCUT2D eigenvalue weighted by Gasteiger charge is 2.21. The second kappa shape index (κ2) is 9.54. The Hall–Kier alpha value is -1.90. The highest BCUT2D eigenvalue weighted by molar-refractivity contribution is 8.00. The molecule has 2 heterocycles. The number of carbonyl (C=O) groups is 1. The number of hydrogen-bond acceptors (Lipinski definition) is 6. The Morgan fingerprint density at radius 3 is 2.64 bits per heavy atom. The third-order valence-electron chi connectivity index (χ3n) is 3.93. The molecule has 28 heavy (non-hydrogen) atoms. The largest absolute Gasteiger partial charge is 0.305 e. The number of nitrogens with zero attached hydrogens (tertiary/aromatic N) is 4. The molecule has 0 aliphatic heterocycles. The molecule has 1 N–H and O–H groups in total. The molecule has 1 aromatic carbocycles. The minimum atomic E-state index is -0.317. The first-order valence-corrected chi connectivity index (χ1v) is 11.1. The lowest BCUT2D eigenvalue weighted by molar-refractivity contribution is -0.115. The van der Waals surface area contributed by atoms with E-state index >= 15 is 0 Å². The van der Waals surface area contributed by atoms with E-state index in [9.17, 15) is 4.79 Å². The van der Waals surface area contributed by atoms with E-state index in [-0.39, 0.29) is 11.2 Å². The molecule has 3 aromatic rings. The first kappa shape index (κ1) is 20.8. The van der Waals surface area contributed by atoms with E-state index in [1.807, 2.05) is 36.6 Å². The van der Waals surface area contributed by atoms with Crippen LogP contribution in [-0.4, -0.2) is 30.9 Å². The molecule has 2 aromatic heterocycles. The molecule has 0 aliphatic rings. The third kappa shape index (κ3) is 5.56. The molecule has 0 aliphatic carbocycles. The van der Waals surface area contributed by atoms with Crippen molar-refractivity contribution in [3.63, 3.8) is 0 Å². The molecule has 1 unspecified atom stereocenters. The third-order valence-corrected chi connectivity index (χ3v) is 5.95. The first-order valence-electron chi connectivity index (χ1n) is 8.96. The molecule has 0 radical (unpaired) electrons. The number of thioether (sulfide) groups is 1. The number of rotatable bonds is 8. The summed E-state index contributed by atoms with van der Waals surface area (Å²) in [5.74, 6) is 1.21. The maximum atomic E-state index is 12.4. The van der Waals surface area contributed by atoms with Crippen LogP contribution in [0, 0.1) is 5.92 Å². The molecule has 6 nitrogen and oxygen atoms in total. The zero-order valence-corrected chi connectivity index (χ0v) is 18.3. The summed E-state index contributed by atoms with van der Waals surface area (Å²) in [4.78, 5) is 16.5. The van der Waals surface area contributed by atoms with Gasteiger partial charge in [0.1, 0.15) is 5.82 Å². The second-order valence-corrected chi connectivity index (χ2v) is 9.43. The van der Waals surface area contributed by atoms with E-state index < -0.39 is 0 Å². The van der Waals surface area contributed by atoms with Gasteiger partial charge in [-0.3, -0.25) is 4.79 Å². The molecule has 0 spiro atoms. The van der Waals surface area contributed by atoms with Crippen molar-refractivity contribution in [2.24, 2.45) is 5.92 Å². The predicted molar refractivity (Wildman–Crippen MR) is 115 cm³/mol. The van der Waals surface area contributed by atoms with Gasteiger partial charge >= 0.3 is 0 Å². The SMILES string of the molecule is CC(C)Cn1c(Cc2ccc(Cl)cc2)nnc1SC(C)C(=O)Nc1nccs1. The number of thiazole rings is 1. The number of hydrogen-bond donors (Lipinski definition) is 1. The monoisotopic (exact) mass is 435 g/mol. The number of amides is 1. The first-order chi connectivity index (χ1) is 13.4. The van der Waals surface area contributed by atoms with E-state index in [0.717, 1.165) is 23.1 Å². The van der Waals surface area contributed by atoms with Crippen LogP contribution in [0.25, 0.3) is 0 Å². The van der Waals surface area contributed by atoms with Gasteiger partial charge in [0, 0.05) is 29.6 Å². The van der Waals surface area contributed by atoms with Crippen molar-refractivity contribution in [2.75, 3.05) is 5.32 Å². The molecular weight excluding hydrogens is 414 g/mol. The maximum Gasteiger partial charge on any atom is 0.239 e. The molecule has 9 heteroatoms. The lowest BCUT2D eigenvalue weighted by Crippen LogP contribution is -2.23. The molecule has 0 saturated carbocycles. The quantitative estimate of drug-likeness (QED) is 0.516. The zero-order valence-electron chi connectivity index (χ0n) is 15.9. The summed E-state index contributed by atoms with van der Waals surface area (Å²) >= 11 is 8.79. The van der Waals surface area contributed by atoms with Crippen molar-refractivity contribution in [3.8, 4) is 0 Å². The molecule has 148 valence electrons. The topological polar surface area (TPSA) is 72.7 Å². The van der Waals surface area contributed by atoms with Gasteiger partial charge in [-0.15, -0.1) is 21.5 Å². The molecule has 1 amide bonds. The summed E-state index contributed by atoms with van der Waals surface area (Å²) in [5, 5.41) is 15.2. The zero-order chi connectivity index (χ0) is 20.1. The van der Waals surface area contributed by atoms with E-state index in [4.69, 9.17) is 11.6 Å². The lowest BCUT2D eigenvalue weighted by Gasteiger charge is -2.15. The Labute approximate surface area is 177 Å². The van der Waals surface area contributed by atoms with E-state index in [0.29, 0.717) is 22.5 Å². The van der Waals surface area contributed by atoms with Crippen molar-refractivity contribution in [2.45, 2.75) is 44.1 Å². The molecular formula is C19H22ClN5OS2. The molecule has 1 atom stereocenters. The lowest BCUT2D eigenvalue weighted by atomic mass is 10.1. The minimum Gasteiger partial charge on any atom is -0.305 e. The summed E-state index contributed by atoms with van der Waals surface area (Å²) in [6, 6.07) is 7.74. The van der Waals surface area contributed by atoms with Crippen LogP contribution in [0.15, 0.2) is 41.0 Å². The molecule has 0 fully saturated rings. The average molecular weight is 436 g/mol. The van der Waals surface area contributed by atoms with Crippen LogP contribution in [0.1, 0.15) is 32.2 Å². The van der Waals surface area contributed by atoms with Crippen LogP contribution in [0.4, 0.5) is 5.13 Å². The Morgan fingerprint density at radius 2 is 2.00 bits per heavy atom. The van der Waals surface area contributed by atoms with E-state index in [1.165, 1.54) is 23.1 Å². The van der Waals surface area contributed by atoms with Gasteiger partial charge in [-0.2, -0.15) is 0 Å². The van der Waals surface area contributed by atoms with Gasteiger partial charge < -0.3 is 9.88 Å². The summed E-state index contributed by atoms with van der Waals surface area (Å²) in [6.07, 6.45) is 2.33. The molecule has 0 saturated heterocycles. The highest BCUT2D eigenvalue weighted by atomic mass is 35.5. The number of nitrogens with one attached hydrogen (secondary N) is 1. The van der Waals surface area contributed by atoms with Crippen molar-refractivity contribution in [1.82, 2.24) is 19.7 Å². The Morgan fingerprint density at radius 1 is 1.25 bits per heavy atom. The van der Waals surface area contributed by atoms with Crippen molar-refractivity contribution < 1.29 is 4.79 Å². The summed E-state index contributed by atoms with van der Waals surface area (Å²) < 4.78 is 2.11. The number of carbonyl (C=O) groups excluding carboxylic acids is 1. The van der Waals surface area contributed by atoms with Gasteiger partial charge in [-0.05, 0) is 30.5 Å².